The van der Waals surface area contributed by atoms with Crippen molar-refractivity contribution in [3.05, 3.63) is 60.4 Å². The van der Waals surface area contributed by atoms with E-state index in [-0.39, 0.29) is 6.04 Å². The lowest BCUT2D eigenvalue weighted by Crippen LogP contribution is -2.18. The van der Waals surface area contributed by atoms with Crippen LogP contribution in [0, 0.1) is 0 Å². The Morgan fingerprint density at radius 2 is 1.75 bits per heavy atom. The molecule has 0 spiro atoms. The summed E-state index contributed by atoms with van der Waals surface area (Å²) < 4.78 is 5.56. The Kier molecular flexibility index (Phi) is 3.51. The van der Waals surface area contributed by atoms with Crippen LogP contribution in [-0.4, -0.2) is 11.6 Å². The van der Waals surface area contributed by atoms with Crippen LogP contribution in [0.4, 0.5) is 0 Å². The van der Waals surface area contributed by atoms with Gasteiger partial charge in [-0.3, -0.25) is 4.98 Å². The monoisotopic (exact) mass is 214 g/mol. The maximum absolute atomic E-state index is 6.00. The van der Waals surface area contributed by atoms with Gasteiger partial charge in [-0.1, -0.05) is 30.3 Å². The van der Waals surface area contributed by atoms with Gasteiger partial charge in [0.1, 0.15) is 12.4 Å². The molecule has 1 aromatic heterocycles. The lowest BCUT2D eigenvalue weighted by atomic mass is 10.1. The summed E-state index contributed by atoms with van der Waals surface area (Å²) in [6.07, 6.45) is 3.40. The molecule has 2 aromatic rings. The van der Waals surface area contributed by atoms with Crippen LogP contribution in [0.2, 0.25) is 0 Å². The summed E-state index contributed by atoms with van der Waals surface area (Å²) in [6.45, 7) is 0.466. The first-order chi connectivity index (χ1) is 7.86. The molecule has 1 unspecified atom stereocenters. The van der Waals surface area contributed by atoms with Crippen LogP contribution in [0.3, 0.4) is 0 Å². The Morgan fingerprint density at radius 3 is 2.44 bits per heavy atom. The van der Waals surface area contributed by atoms with Gasteiger partial charge in [0.05, 0.1) is 6.04 Å². The number of nitrogens with two attached hydrogens (primary N) is 1. The minimum Gasteiger partial charge on any atom is -0.492 e. The fourth-order valence-electron chi connectivity index (χ4n) is 1.42. The molecule has 0 saturated carbocycles. The molecule has 0 amide bonds. The van der Waals surface area contributed by atoms with Crippen molar-refractivity contribution < 1.29 is 4.74 Å². The highest BCUT2D eigenvalue weighted by molar-refractivity contribution is 5.20. The second-order valence-electron chi connectivity index (χ2n) is 3.51. The van der Waals surface area contributed by atoms with E-state index in [0.29, 0.717) is 6.61 Å². The van der Waals surface area contributed by atoms with Crippen LogP contribution in [0.1, 0.15) is 11.6 Å². The Morgan fingerprint density at radius 1 is 1.06 bits per heavy atom. The SMILES string of the molecule is NC(COc1ccncc1)c1ccccc1. The van der Waals surface area contributed by atoms with Gasteiger partial charge in [-0.05, 0) is 17.7 Å². The molecule has 82 valence electrons. The average Bonchev–Trinajstić information content (AvgIpc) is 2.38. The topological polar surface area (TPSA) is 48.1 Å². The van der Waals surface area contributed by atoms with Gasteiger partial charge in [0.2, 0.25) is 0 Å². The second-order valence-corrected chi connectivity index (χ2v) is 3.51. The van der Waals surface area contributed by atoms with Gasteiger partial charge in [0.15, 0.2) is 0 Å². The number of pyridine rings is 1. The molecule has 0 fully saturated rings. The van der Waals surface area contributed by atoms with Gasteiger partial charge in [-0.25, -0.2) is 0 Å². The van der Waals surface area contributed by atoms with Crippen molar-refractivity contribution in [1.29, 1.82) is 0 Å². The number of aromatic nitrogens is 1. The Labute approximate surface area is 94.9 Å². The Bertz CT molecular complexity index is 416. The predicted molar refractivity (Wildman–Crippen MR) is 63.1 cm³/mol. The molecule has 0 aliphatic carbocycles. The average molecular weight is 214 g/mol. The fourth-order valence-corrected chi connectivity index (χ4v) is 1.42. The Hall–Kier alpha value is -1.87. The largest absolute Gasteiger partial charge is 0.492 e. The molecule has 0 bridgehead atoms. The van der Waals surface area contributed by atoms with Crippen LogP contribution < -0.4 is 10.5 Å². The van der Waals surface area contributed by atoms with E-state index in [2.05, 4.69) is 4.98 Å². The van der Waals surface area contributed by atoms with E-state index in [4.69, 9.17) is 10.5 Å². The maximum Gasteiger partial charge on any atom is 0.122 e. The molecule has 0 aliphatic rings. The standard InChI is InChI=1S/C13H14N2O/c14-13(11-4-2-1-3-5-11)10-16-12-6-8-15-9-7-12/h1-9,13H,10,14H2. The lowest BCUT2D eigenvalue weighted by Gasteiger charge is -2.13. The number of hydrogen-bond donors (Lipinski definition) is 1. The summed E-state index contributed by atoms with van der Waals surface area (Å²) in [6, 6.07) is 13.5. The molecule has 16 heavy (non-hydrogen) atoms. The number of hydrogen-bond acceptors (Lipinski definition) is 3. The fraction of sp³-hybridized carbons (Fsp3) is 0.154. The van der Waals surface area contributed by atoms with Crippen LogP contribution >= 0.6 is 0 Å². The second kappa shape index (κ2) is 5.28. The van der Waals surface area contributed by atoms with E-state index in [9.17, 15) is 0 Å². The van der Waals surface area contributed by atoms with E-state index in [1.54, 1.807) is 12.4 Å². The smallest absolute Gasteiger partial charge is 0.122 e. The zero-order chi connectivity index (χ0) is 11.2. The first-order valence-electron chi connectivity index (χ1n) is 5.19. The van der Waals surface area contributed by atoms with Gasteiger partial charge < -0.3 is 10.5 Å². The molecule has 1 atom stereocenters. The summed E-state index contributed by atoms with van der Waals surface area (Å²) >= 11 is 0. The van der Waals surface area contributed by atoms with Crippen molar-refractivity contribution in [2.75, 3.05) is 6.61 Å². The van der Waals surface area contributed by atoms with Crippen molar-refractivity contribution >= 4 is 0 Å². The van der Waals surface area contributed by atoms with Crippen molar-refractivity contribution in [3.63, 3.8) is 0 Å². The molecule has 3 nitrogen and oxygen atoms in total. The van der Waals surface area contributed by atoms with Crippen molar-refractivity contribution in [2.24, 2.45) is 5.73 Å². The van der Waals surface area contributed by atoms with E-state index in [1.165, 1.54) is 0 Å². The molecule has 1 heterocycles. The van der Waals surface area contributed by atoms with E-state index in [0.717, 1.165) is 11.3 Å². The van der Waals surface area contributed by atoms with Crippen LogP contribution in [0.15, 0.2) is 54.9 Å². The van der Waals surface area contributed by atoms with E-state index >= 15 is 0 Å². The number of nitrogens with zero attached hydrogens (tertiary/aromatic N) is 1. The summed E-state index contributed by atoms with van der Waals surface area (Å²) in [7, 11) is 0. The molecule has 2 rings (SSSR count). The molecular formula is C13H14N2O. The molecule has 3 heteroatoms. The minimum absolute atomic E-state index is 0.102. The molecule has 0 radical (unpaired) electrons. The molecule has 0 saturated heterocycles. The normalized spacial score (nSPS) is 12.1. The van der Waals surface area contributed by atoms with Crippen molar-refractivity contribution in [2.45, 2.75) is 6.04 Å². The highest BCUT2D eigenvalue weighted by Gasteiger charge is 2.05. The van der Waals surface area contributed by atoms with E-state index in [1.807, 2.05) is 42.5 Å². The van der Waals surface area contributed by atoms with Crippen LogP contribution in [0.5, 0.6) is 5.75 Å². The van der Waals surface area contributed by atoms with Gasteiger partial charge >= 0.3 is 0 Å². The minimum atomic E-state index is -0.102. The third-order valence-electron chi connectivity index (χ3n) is 2.31. The highest BCUT2D eigenvalue weighted by Crippen LogP contribution is 2.13. The van der Waals surface area contributed by atoms with Crippen LogP contribution in [0.25, 0.3) is 0 Å². The number of rotatable bonds is 4. The zero-order valence-corrected chi connectivity index (χ0v) is 8.91. The third kappa shape index (κ3) is 2.81. The maximum atomic E-state index is 6.00. The Balaban J connectivity index is 1.92. The quantitative estimate of drug-likeness (QED) is 0.848. The first kappa shape index (κ1) is 10.6. The van der Waals surface area contributed by atoms with Crippen LogP contribution in [-0.2, 0) is 0 Å². The lowest BCUT2D eigenvalue weighted by molar-refractivity contribution is 0.290. The summed E-state index contributed by atoms with van der Waals surface area (Å²) in [5.41, 5.74) is 7.08. The molecule has 0 aliphatic heterocycles. The zero-order valence-electron chi connectivity index (χ0n) is 8.91. The number of benzene rings is 1. The predicted octanol–water partition coefficient (Wildman–Crippen LogP) is 2.16. The molecule has 2 N–H and O–H groups in total. The summed E-state index contributed by atoms with van der Waals surface area (Å²) in [5.74, 6) is 0.793. The van der Waals surface area contributed by atoms with Gasteiger partial charge in [-0.15, -0.1) is 0 Å². The summed E-state index contributed by atoms with van der Waals surface area (Å²) in [4.78, 5) is 3.92. The van der Waals surface area contributed by atoms with Gasteiger partial charge in [0.25, 0.3) is 0 Å². The third-order valence-corrected chi connectivity index (χ3v) is 2.31. The highest BCUT2D eigenvalue weighted by atomic mass is 16.5. The molecule has 1 aromatic carbocycles. The molecular weight excluding hydrogens is 200 g/mol. The summed E-state index contributed by atoms with van der Waals surface area (Å²) in [5, 5.41) is 0. The van der Waals surface area contributed by atoms with Crippen molar-refractivity contribution in [3.8, 4) is 5.75 Å². The van der Waals surface area contributed by atoms with Crippen molar-refractivity contribution in [1.82, 2.24) is 4.98 Å². The number of ether oxygens (including phenoxy) is 1. The van der Waals surface area contributed by atoms with Gasteiger partial charge in [-0.2, -0.15) is 0 Å². The van der Waals surface area contributed by atoms with E-state index < -0.39 is 0 Å². The van der Waals surface area contributed by atoms with Gasteiger partial charge in [0, 0.05) is 12.4 Å². The first-order valence-corrected chi connectivity index (χ1v) is 5.19.